The smallest absolute Gasteiger partial charge is 0.169 e. The van der Waals surface area contributed by atoms with Crippen LogP contribution in [0.2, 0.25) is 0 Å². The lowest BCUT2D eigenvalue weighted by Crippen LogP contribution is -1.95. The second-order valence-corrected chi connectivity index (χ2v) is 2.75. The predicted molar refractivity (Wildman–Crippen MR) is 39.8 cm³/mol. The molecule has 0 saturated carbocycles. The van der Waals surface area contributed by atoms with E-state index >= 15 is 0 Å². The van der Waals surface area contributed by atoms with Crippen LogP contribution < -0.4 is 5.73 Å². The van der Waals surface area contributed by atoms with E-state index in [2.05, 4.69) is 4.37 Å². The Morgan fingerprint density at radius 3 is 3.40 bits per heavy atom. The van der Waals surface area contributed by atoms with Crippen LogP contribution in [0, 0.1) is 0 Å². The maximum atomic E-state index is 5.40. The summed E-state index contributed by atoms with van der Waals surface area (Å²) in [6, 6.07) is 1.90. The van der Waals surface area contributed by atoms with Crippen LogP contribution in [-0.4, -0.2) is 4.37 Å². The fraction of sp³-hybridized carbons (Fsp3) is 0.167. The maximum Gasteiger partial charge on any atom is 0.169 e. The lowest BCUT2D eigenvalue weighted by Gasteiger charge is -1.82. The second kappa shape index (κ2) is 2.07. The van der Waals surface area contributed by atoms with E-state index in [1.54, 1.807) is 6.26 Å². The van der Waals surface area contributed by atoms with Crippen molar-refractivity contribution in [2.45, 2.75) is 6.54 Å². The number of hydrogen-bond acceptors (Lipinski definition) is 4. The Kier molecular flexibility index (Phi) is 1.22. The Morgan fingerprint density at radius 1 is 1.70 bits per heavy atom. The van der Waals surface area contributed by atoms with Gasteiger partial charge >= 0.3 is 0 Å². The molecule has 0 radical (unpaired) electrons. The van der Waals surface area contributed by atoms with Crippen molar-refractivity contribution in [1.29, 1.82) is 0 Å². The van der Waals surface area contributed by atoms with E-state index in [0.29, 0.717) is 6.54 Å². The van der Waals surface area contributed by atoms with Crippen LogP contribution in [0.15, 0.2) is 16.7 Å². The van der Waals surface area contributed by atoms with E-state index in [4.69, 9.17) is 10.2 Å². The third-order valence-electron chi connectivity index (χ3n) is 1.34. The zero-order chi connectivity index (χ0) is 6.97. The van der Waals surface area contributed by atoms with Crippen LogP contribution in [0.25, 0.3) is 10.3 Å². The molecule has 0 fully saturated rings. The number of nitrogens with two attached hydrogens (primary N) is 1. The Bertz CT molecular complexity index is 338. The largest absolute Gasteiger partial charge is 0.461 e. The minimum absolute atomic E-state index is 0.452. The van der Waals surface area contributed by atoms with Crippen molar-refractivity contribution >= 4 is 21.8 Å². The molecule has 0 unspecified atom stereocenters. The first kappa shape index (κ1) is 5.88. The lowest BCUT2D eigenvalue weighted by molar-refractivity contribution is 0.610. The van der Waals surface area contributed by atoms with Gasteiger partial charge in [-0.25, -0.2) is 0 Å². The van der Waals surface area contributed by atoms with Gasteiger partial charge in [-0.2, -0.15) is 4.37 Å². The number of nitrogens with zero attached hydrogens (tertiary/aromatic N) is 1. The molecular weight excluding hydrogens is 148 g/mol. The van der Waals surface area contributed by atoms with E-state index in [0.717, 1.165) is 16.0 Å². The Hall–Kier alpha value is -0.870. The molecule has 0 aliphatic carbocycles. The van der Waals surface area contributed by atoms with Crippen molar-refractivity contribution in [3.8, 4) is 0 Å². The van der Waals surface area contributed by atoms with Gasteiger partial charge in [0.1, 0.15) is 5.69 Å². The number of fused-ring (bicyclic) bond motifs is 1. The van der Waals surface area contributed by atoms with Gasteiger partial charge in [0.25, 0.3) is 0 Å². The molecule has 2 rings (SSSR count). The Balaban J connectivity index is 2.76. The SMILES string of the molecule is NCc1nsc2ccoc12. The highest BCUT2D eigenvalue weighted by molar-refractivity contribution is 7.13. The molecule has 0 aromatic carbocycles. The number of rotatable bonds is 1. The summed E-state index contributed by atoms with van der Waals surface area (Å²) in [5.41, 5.74) is 7.10. The topological polar surface area (TPSA) is 52.0 Å². The normalized spacial score (nSPS) is 10.9. The third kappa shape index (κ3) is 0.661. The molecule has 0 bridgehead atoms. The summed E-state index contributed by atoms with van der Waals surface area (Å²) in [5.74, 6) is 0. The Morgan fingerprint density at radius 2 is 2.60 bits per heavy atom. The lowest BCUT2D eigenvalue weighted by atomic mass is 10.4. The first-order valence-corrected chi connectivity index (χ1v) is 3.71. The minimum Gasteiger partial charge on any atom is -0.461 e. The maximum absolute atomic E-state index is 5.40. The second-order valence-electron chi connectivity index (χ2n) is 1.95. The highest BCUT2D eigenvalue weighted by Crippen LogP contribution is 2.22. The highest BCUT2D eigenvalue weighted by Gasteiger charge is 2.05. The molecule has 0 aliphatic rings. The molecule has 2 heterocycles. The van der Waals surface area contributed by atoms with Gasteiger partial charge in [-0.1, -0.05) is 0 Å². The molecule has 2 N–H and O–H groups in total. The average Bonchev–Trinajstić information content (AvgIpc) is 2.44. The van der Waals surface area contributed by atoms with E-state index in [1.807, 2.05) is 6.07 Å². The van der Waals surface area contributed by atoms with Crippen LogP contribution in [0.1, 0.15) is 5.69 Å². The summed E-state index contributed by atoms with van der Waals surface area (Å²) in [7, 11) is 0. The Labute approximate surface area is 61.6 Å². The quantitative estimate of drug-likeness (QED) is 0.674. The molecule has 0 atom stereocenters. The first-order valence-electron chi connectivity index (χ1n) is 2.93. The van der Waals surface area contributed by atoms with Crippen LogP contribution >= 0.6 is 11.5 Å². The molecule has 4 heteroatoms. The fourth-order valence-corrected chi connectivity index (χ4v) is 1.59. The summed E-state index contributed by atoms with van der Waals surface area (Å²) >= 11 is 1.42. The van der Waals surface area contributed by atoms with Crippen molar-refractivity contribution < 1.29 is 4.42 Å². The van der Waals surface area contributed by atoms with E-state index in [9.17, 15) is 0 Å². The number of aromatic nitrogens is 1. The number of furan rings is 1. The molecule has 2 aromatic heterocycles. The molecule has 52 valence electrons. The predicted octanol–water partition coefficient (Wildman–Crippen LogP) is 1.35. The summed E-state index contributed by atoms with van der Waals surface area (Å²) < 4.78 is 10.3. The van der Waals surface area contributed by atoms with Crippen LogP contribution in [-0.2, 0) is 6.54 Å². The van der Waals surface area contributed by atoms with Gasteiger partial charge in [0.05, 0.1) is 11.0 Å². The van der Waals surface area contributed by atoms with Gasteiger partial charge in [0, 0.05) is 6.54 Å². The molecule has 2 aromatic rings. The van der Waals surface area contributed by atoms with Gasteiger partial charge in [-0.3, -0.25) is 0 Å². The molecule has 0 saturated heterocycles. The molecule has 0 spiro atoms. The van der Waals surface area contributed by atoms with Crippen molar-refractivity contribution in [1.82, 2.24) is 4.37 Å². The van der Waals surface area contributed by atoms with Gasteiger partial charge < -0.3 is 10.2 Å². The standard InChI is InChI=1S/C6H6N2OS/c7-3-4-6-5(10-8-4)1-2-9-6/h1-2H,3,7H2. The highest BCUT2D eigenvalue weighted by atomic mass is 32.1. The van der Waals surface area contributed by atoms with Crippen LogP contribution in [0.4, 0.5) is 0 Å². The first-order chi connectivity index (χ1) is 4.92. The number of hydrogen-bond donors (Lipinski definition) is 1. The van der Waals surface area contributed by atoms with Gasteiger partial charge in [-0.15, -0.1) is 0 Å². The van der Waals surface area contributed by atoms with Crippen molar-refractivity contribution in [2.75, 3.05) is 0 Å². The van der Waals surface area contributed by atoms with Crippen molar-refractivity contribution in [3.05, 3.63) is 18.0 Å². The zero-order valence-corrected chi connectivity index (χ0v) is 6.02. The molecular formula is C6H6N2OS. The third-order valence-corrected chi connectivity index (χ3v) is 2.17. The summed E-state index contributed by atoms with van der Waals surface area (Å²) in [6.45, 7) is 0.452. The molecule has 3 nitrogen and oxygen atoms in total. The van der Waals surface area contributed by atoms with E-state index in [-0.39, 0.29) is 0 Å². The van der Waals surface area contributed by atoms with Crippen molar-refractivity contribution in [3.63, 3.8) is 0 Å². The summed E-state index contributed by atoms with van der Waals surface area (Å²) in [6.07, 6.45) is 1.65. The van der Waals surface area contributed by atoms with E-state index in [1.165, 1.54) is 11.5 Å². The summed E-state index contributed by atoms with van der Waals surface area (Å²) in [4.78, 5) is 0. The van der Waals surface area contributed by atoms with Gasteiger partial charge in [0.15, 0.2) is 5.58 Å². The average molecular weight is 154 g/mol. The monoisotopic (exact) mass is 154 g/mol. The molecule has 0 aliphatic heterocycles. The zero-order valence-electron chi connectivity index (χ0n) is 5.20. The van der Waals surface area contributed by atoms with Gasteiger partial charge in [-0.05, 0) is 17.6 Å². The van der Waals surface area contributed by atoms with Gasteiger partial charge in [0.2, 0.25) is 0 Å². The van der Waals surface area contributed by atoms with Crippen LogP contribution in [0.3, 0.4) is 0 Å². The fourth-order valence-electron chi connectivity index (χ4n) is 0.855. The molecule has 10 heavy (non-hydrogen) atoms. The minimum atomic E-state index is 0.452. The summed E-state index contributed by atoms with van der Waals surface area (Å²) in [5, 5.41) is 0. The van der Waals surface area contributed by atoms with Crippen LogP contribution in [0.5, 0.6) is 0 Å². The van der Waals surface area contributed by atoms with E-state index < -0.39 is 0 Å². The van der Waals surface area contributed by atoms with Crippen molar-refractivity contribution in [2.24, 2.45) is 5.73 Å². The molecule has 0 amide bonds.